The van der Waals surface area contributed by atoms with Crippen molar-refractivity contribution in [3.8, 4) is 17.6 Å². The topological polar surface area (TPSA) is 86.7 Å². The number of carbonyl (C=O) groups is 1. The van der Waals surface area contributed by atoms with Gasteiger partial charge in [-0.05, 0) is 25.0 Å². The molecule has 1 saturated heterocycles. The fraction of sp³-hybridized carbons (Fsp3) is 0.400. The Hall–Kier alpha value is -2.27. The standard InChI is InChI=1S/C15H15FN2O4S/c16-14-11(6-5-10-3-1-2-4-10)7-8-12(19)15(14)18-9-13(20)17-23(18,21)22/h7-8,10,19H,1-4,9H2,(H,17,20). The molecule has 1 aromatic rings. The number of aromatic hydroxyl groups is 1. The molecular weight excluding hydrogens is 323 g/mol. The minimum Gasteiger partial charge on any atom is -0.506 e. The van der Waals surface area contributed by atoms with Crippen LogP contribution in [0.2, 0.25) is 0 Å². The van der Waals surface area contributed by atoms with Crippen LogP contribution in [0.3, 0.4) is 0 Å². The molecular formula is C15H15FN2O4S. The number of nitrogens with one attached hydrogen (secondary N) is 1. The second-order valence-electron chi connectivity index (χ2n) is 5.58. The number of rotatable bonds is 1. The number of hydrogen-bond acceptors (Lipinski definition) is 4. The summed E-state index contributed by atoms with van der Waals surface area (Å²) < 4.78 is 40.5. The van der Waals surface area contributed by atoms with Crippen LogP contribution in [-0.4, -0.2) is 26.0 Å². The van der Waals surface area contributed by atoms with Gasteiger partial charge in [-0.1, -0.05) is 24.7 Å². The minimum absolute atomic E-state index is 0.000695. The van der Waals surface area contributed by atoms with Gasteiger partial charge in [-0.2, -0.15) is 8.42 Å². The Morgan fingerprint density at radius 1 is 1.30 bits per heavy atom. The van der Waals surface area contributed by atoms with E-state index >= 15 is 0 Å². The summed E-state index contributed by atoms with van der Waals surface area (Å²) in [5.41, 5.74) is -0.555. The van der Waals surface area contributed by atoms with E-state index in [9.17, 15) is 22.7 Å². The molecule has 6 nitrogen and oxygen atoms in total. The molecule has 122 valence electrons. The van der Waals surface area contributed by atoms with Crippen LogP contribution in [0.5, 0.6) is 5.75 Å². The summed E-state index contributed by atoms with van der Waals surface area (Å²) in [6.45, 7) is -0.577. The summed E-state index contributed by atoms with van der Waals surface area (Å²) in [4.78, 5) is 11.3. The third-order valence-corrected chi connectivity index (χ3v) is 5.31. The Labute approximate surface area is 133 Å². The number of nitrogens with zero attached hydrogens (tertiary/aromatic N) is 1. The third kappa shape index (κ3) is 2.97. The van der Waals surface area contributed by atoms with E-state index in [-0.39, 0.29) is 11.5 Å². The van der Waals surface area contributed by atoms with Crippen molar-refractivity contribution < 1.29 is 22.7 Å². The summed E-state index contributed by atoms with van der Waals surface area (Å²) in [7, 11) is -4.20. The normalized spacial score (nSPS) is 20.2. The maximum absolute atomic E-state index is 14.6. The van der Waals surface area contributed by atoms with E-state index < -0.39 is 39.9 Å². The van der Waals surface area contributed by atoms with E-state index in [0.29, 0.717) is 4.31 Å². The van der Waals surface area contributed by atoms with Crippen LogP contribution in [-0.2, 0) is 15.0 Å². The maximum atomic E-state index is 14.6. The predicted molar refractivity (Wildman–Crippen MR) is 81.3 cm³/mol. The second kappa shape index (κ2) is 5.74. The molecule has 8 heteroatoms. The van der Waals surface area contributed by atoms with Crippen molar-refractivity contribution in [2.24, 2.45) is 5.92 Å². The zero-order chi connectivity index (χ0) is 16.6. The molecule has 0 bridgehead atoms. The van der Waals surface area contributed by atoms with Crippen LogP contribution in [0.15, 0.2) is 12.1 Å². The number of anilines is 1. The van der Waals surface area contributed by atoms with Gasteiger partial charge in [0.25, 0.3) is 5.91 Å². The first-order chi connectivity index (χ1) is 10.9. The predicted octanol–water partition coefficient (Wildman–Crippen LogP) is 1.25. The van der Waals surface area contributed by atoms with Crippen molar-refractivity contribution in [1.82, 2.24) is 4.72 Å². The summed E-state index contributed by atoms with van der Waals surface area (Å²) in [6.07, 6.45) is 4.14. The van der Waals surface area contributed by atoms with Crippen LogP contribution in [0.1, 0.15) is 31.2 Å². The largest absolute Gasteiger partial charge is 0.506 e. The summed E-state index contributed by atoms with van der Waals surface area (Å²) in [6, 6.07) is 2.48. The molecule has 1 aliphatic carbocycles. The first kappa shape index (κ1) is 15.6. The lowest BCUT2D eigenvalue weighted by molar-refractivity contribution is -0.117. The van der Waals surface area contributed by atoms with Gasteiger partial charge < -0.3 is 5.11 Å². The smallest absolute Gasteiger partial charge is 0.326 e. The highest BCUT2D eigenvalue weighted by Crippen LogP contribution is 2.35. The number of halogens is 1. The quantitative estimate of drug-likeness (QED) is 0.755. The highest BCUT2D eigenvalue weighted by Gasteiger charge is 2.37. The first-order valence-corrected chi connectivity index (χ1v) is 8.69. The Kier molecular flexibility index (Phi) is 3.90. The molecule has 1 aliphatic heterocycles. The molecule has 2 fully saturated rings. The molecule has 0 unspecified atom stereocenters. The van der Waals surface area contributed by atoms with Gasteiger partial charge >= 0.3 is 10.2 Å². The minimum atomic E-state index is -4.20. The highest BCUT2D eigenvalue weighted by molar-refractivity contribution is 7.92. The zero-order valence-corrected chi connectivity index (χ0v) is 13.0. The average molecular weight is 338 g/mol. The van der Waals surface area contributed by atoms with Gasteiger partial charge in [-0.25, -0.2) is 13.4 Å². The van der Waals surface area contributed by atoms with E-state index in [1.807, 2.05) is 0 Å². The fourth-order valence-corrected chi connectivity index (χ4v) is 3.95. The van der Waals surface area contributed by atoms with Gasteiger partial charge in [0, 0.05) is 5.92 Å². The number of phenolic OH excluding ortho intramolecular Hbond substituents is 1. The van der Waals surface area contributed by atoms with Crippen molar-refractivity contribution in [2.45, 2.75) is 25.7 Å². The van der Waals surface area contributed by atoms with Gasteiger partial charge in [0.05, 0.1) is 5.56 Å². The molecule has 2 aliphatic rings. The van der Waals surface area contributed by atoms with Gasteiger partial charge in [0.15, 0.2) is 5.82 Å². The summed E-state index contributed by atoms with van der Waals surface area (Å²) >= 11 is 0. The van der Waals surface area contributed by atoms with Gasteiger partial charge in [0.2, 0.25) is 0 Å². The lowest BCUT2D eigenvalue weighted by Gasteiger charge is -2.17. The van der Waals surface area contributed by atoms with E-state index in [1.54, 1.807) is 4.72 Å². The molecule has 23 heavy (non-hydrogen) atoms. The molecule has 1 heterocycles. The van der Waals surface area contributed by atoms with Gasteiger partial charge in [-0.3, -0.25) is 4.79 Å². The van der Waals surface area contributed by atoms with Crippen molar-refractivity contribution >= 4 is 21.8 Å². The highest BCUT2D eigenvalue weighted by atomic mass is 32.2. The summed E-state index contributed by atoms with van der Waals surface area (Å²) in [5.74, 6) is 3.62. The average Bonchev–Trinajstić information content (AvgIpc) is 3.06. The monoisotopic (exact) mass is 338 g/mol. The van der Waals surface area contributed by atoms with E-state index in [1.165, 1.54) is 12.1 Å². The molecule has 3 rings (SSSR count). The molecule has 0 radical (unpaired) electrons. The zero-order valence-electron chi connectivity index (χ0n) is 12.2. The number of hydrogen-bond donors (Lipinski definition) is 2. The molecule has 0 atom stereocenters. The molecule has 2 N–H and O–H groups in total. The molecule has 1 aromatic carbocycles. The Morgan fingerprint density at radius 3 is 2.61 bits per heavy atom. The van der Waals surface area contributed by atoms with Gasteiger partial charge in [-0.15, -0.1) is 0 Å². The van der Waals surface area contributed by atoms with Crippen LogP contribution >= 0.6 is 0 Å². The van der Waals surface area contributed by atoms with Crippen LogP contribution in [0.4, 0.5) is 10.1 Å². The van der Waals surface area contributed by atoms with Crippen LogP contribution < -0.4 is 9.03 Å². The van der Waals surface area contributed by atoms with Crippen molar-refractivity contribution in [1.29, 1.82) is 0 Å². The van der Waals surface area contributed by atoms with Crippen molar-refractivity contribution in [2.75, 3.05) is 10.8 Å². The summed E-state index contributed by atoms with van der Waals surface area (Å²) in [5, 5.41) is 9.84. The molecule has 1 saturated carbocycles. The number of benzene rings is 1. The second-order valence-corrected chi connectivity index (χ2v) is 7.18. The van der Waals surface area contributed by atoms with Crippen LogP contribution in [0.25, 0.3) is 0 Å². The molecule has 0 spiro atoms. The number of carbonyl (C=O) groups excluding carboxylic acids is 1. The van der Waals surface area contributed by atoms with Crippen molar-refractivity contribution in [3.05, 3.63) is 23.5 Å². The van der Waals surface area contributed by atoms with Gasteiger partial charge in [0.1, 0.15) is 18.0 Å². The molecule has 0 aromatic heterocycles. The Morgan fingerprint density at radius 2 is 2.00 bits per heavy atom. The fourth-order valence-electron chi connectivity index (χ4n) is 2.78. The van der Waals surface area contributed by atoms with E-state index in [0.717, 1.165) is 25.7 Å². The Bertz CT molecular complexity index is 820. The first-order valence-electron chi connectivity index (χ1n) is 7.25. The SMILES string of the molecule is O=C1CN(c2c(O)ccc(C#CC3CCCC3)c2F)S(=O)(=O)N1. The maximum Gasteiger partial charge on any atom is 0.326 e. The van der Waals surface area contributed by atoms with E-state index in [2.05, 4.69) is 11.8 Å². The number of phenols is 1. The van der Waals surface area contributed by atoms with E-state index in [4.69, 9.17) is 0 Å². The Balaban J connectivity index is 2.01. The third-order valence-electron chi connectivity index (χ3n) is 3.93. The molecule has 1 amide bonds. The lowest BCUT2D eigenvalue weighted by Crippen LogP contribution is -2.30. The lowest BCUT2D eigenvalue weighted by atomic mass is 10.1. The number of amides is 1. The van der Waals surface area contributed by atoms with Crippen LogP contribution in [0, 0.1) is 23.6 Å². The van der Waals surface area contributed by atoms with Crippen molar-refractivity contribution in [3.63, 3.8) is 0 Å².